The van der Waals surface area contributed by atoms with Crippen molar-refractivity contribution in [3.05, 3.63) is 52.6 Å². The zero-order valence-corrected chi connectivity index (χ0v) is 17.5. The van der Waals surface area contributed by atoms with Gasteiger partial charge in [0, 0.05) is 14.1 Å². The molecule has 0 saturated heterocycles. The van der Waals surface area contributed by atoms with E-state index in [0.717, 1.165) is 5.76 Å². The number of amides is 1. The van der Waals surface area contributed by atoms with Crippen molar-refractivity contribution in [1.29, 1.82) is 0 Å². The number of phenols is 1. The SMILES string of the molecule is Cc1ccc([C@H](Nc2c(Nc3cccc(C(=O)N(C)C)c3O)no[n+]2[O-])C(C)C)o1. The molecule has 30 heavy (non-hydrogen) atoms. The molecule has 1 aromatic carbocycles. The predicted octanol–water partition coefficient (Wildman–Crippen LogP) is 3.17. The summed E-state index contributed by atoms with van der Waals surface area (Å²) in [5, 5.41) is 32.4. The van der Waals surface area contributed by atoms with Crippen molar-refractivity contribution >= 4 is 23.2 Å². The maximum Gasteiger partial charge on any atom is 0.320 e. The number of hydrogen-bond donors (Lipinski definition) is 3. The maximum atomic E-state index is 12.2. The number of hydrogen-bond acceptors (Lipinski definition) is 8. The van der Waals surface area contributed by atoms with E-state index >= 15 is 0 Å². The molecule has 0 aliphatic rings. The van der Waals surface area contributed by atoms with Gasteiger partial charge in [-0.05, 0) is 42.3 Å². The van der Waals surface area contributed by atoms with Gasteiger partial charge in [-0.1, -0.05) is 24.8 Å². The van der Waals surface area contributed by atoms with Crippen molar-refractivity contribution < 1.29 is 23.9 Å². The van der Waals surface area contributed by atoms with Crippen molar-refractivity contribution in [3.63, 3.8) is 0 Å². The van der Waals surface area contributed by atoms with Gasteiger partial charge < -0.3 is 29.6 Å². The number of nitrogens with one attached hydrogen (secondary N) is 2. The molecule has 10 heteroatoms. The number of anilines is 3. The lowest BCUT2D eigenvalue weighted by atomic mass is 10.0. The molecule has 1 atom stereocenters. The van der Waals surface area contributed by atoms with Gasteiger partial charge in [-0.15, -0.1) is 0 Å². The van der Waals surface area contributed by atoms with Crippen LogP contribution < -0.4 is 15.5 Å². The van der Waals surface area contributed by atoms with Crippen LogP contribution in [0.2, 0.25) is 0 Å². The fourth-order valence-electron chi connectivity index (χ4n) is 2.97. The molecule has 0 aliphatic heterocycles. The number of nitrogens with zero attached hydrogens (tertiary/aromatic N) is 3. The van der Waals surface area contributed by atoms with Gasteiger partial charge in [0.15, 0.2) is 5.75 Å². The van der Waals surface area contributed by atoms with E-state index in [1.54, 1.807) is 26.2 Å². The smallest absolute Gasteiger partial charge is 0.320 e. The second-order valence-electron chi connectivity index (χ2n) is 7.47. The van der Waals surface area contributed by atoms with Crippen molar-refractivity contribution in [2.45, 2.75) is 26.8 Å². The van der Waals surface area contributed by atoms with Crippen LogP contribution in [0.3, 0.4) is 0 Å². The third kappa shape index (κ3) is 4.17. The summed E-state index contributed by atoms with van der Waals surface area (Å²) >= 11 is 0. The molecule has 2 heterocycles. The van der Waals surface area contributed by atoms with Crippen LogP contribution in [0.4, 0.5) is 17.3 Å². The number of carbonyl (C=O) groups excluding carboxylic acids is 1. The summed E-state index contributed by atoms with van der Waals surface area (Å²) < 4.78 is 10.5. The number of aryl methyl sites for hydroxylation is 1. The fourth-order valence-corrected chi connectivity index (χ4v) is 2.97. The molecule has 0 bridgehead atoms. The average Bonchev–Trinajstić information content (AvgIpc) is 3.26. The van der Waals surface area contributed by atoms with Crippen LogP contribution in [0.15, 0.2) is 39.4 Å². The Morgan fingerprint density at radius 2 is 2.00 bits per heavy atom. The van der Waals surface area contributed by atoms with Crippen LogP contribution in [0.5, 0.6) is 5.75 Å². The third-order valence-corrected chi connectivity index (χ3v) is 4.57. The molecule has 2 aromatic heterocycles. The third-order valence-electron chi connectivity index (χ3n) is 4.57. The van der Waals surface area contributed by atoms with Crippen molar-refractivity contribution in [2.24, 2.45) is 5.92 Å². The van der Waals surface area contributed by atoms with Crippen LogP contribution in [-0.2, 0) is 0 Å². The monoisotopic (exact) mass is 415 g/mol. The van der Waals surface area contributed by atoms with E-state index in [-0.39, 0.29) is 51.4 Å². The zero-order valence-electron chi connectivity index (χ0n) is 17.5. The molecule has 0 spiro atoms. The first kappa shape index (κ1) is 21.0. The van der Waals surface area contributed by atoms with Crippen LogP contribution >= 0.6 is 0 Å². The number of aromatic hydroxyl groups is 1. The lowest BCUT2D eigenvalue weighted by molar-refractivity contribution is -0.791. The van der Waals surface area contributed by atoms with Crippen LogP contribution in [-0.4, -0.2) is 35.2 Å². The molecule has 160 valence electrons. The highest BCUT2D eigenvalue weighted by Crippen LogP contribution is 2.34. The van der Waals surface area contributed by atoms with Crippen molar-refractivity contribution in [2.75, 3.05) is 24.7 Å². The van der Waals surface area contributed by atoms with Crippen LogP contribution in [0.25, 0.3) is 0 Å². The number of carbonyl (C=O) groups is 1. The number of phenolic OH excluding ortho intramolecular Hbond substituents is 1. The van der Waals surface area contributed by atoms with Gasteiger partial charge in [0.05, 0.1) is 11.3 Å². The van der Waals surface area contributed by atoms with E-state index in [4.69, 9.17) is 9.05 Å². The van der Waals surface area contributed by atoms with Gasteiger partial charge in [-0.25, -0.2) is 0 Å². The molecule has 3 aromatic rings. The number of para-hydroxylation sites is 1. The molecule has 1 amide bonds. The van der Waals surface area contributed by atoms with Gasteiger partial charge in [0.2, 0.25) is 0 Å². The highest BCUT2D eigenvalue weighted by atomic mass is 16.8. The first-order chi connectivity index (χ1) is 14.2. The zero-order chi connectivity index (χ0) is 22.0. The van der Waals surface area contributed by atoms with Gasteiger partial charge in [-0.3, -0.25) is 10.1 Å². The fraction of sp³-hybridized carbons (Fsp3) is 0.350. The summed E-state index contributed by atoms with van der Waals surface area (Å²) in [6, 6.07) is 8.03. The molecule has 0 saturated carbocycles. The average molecular weight is 415 g/mol. The lowest BCUT2D eigenvalue weighted by Crippen LogP contribution is -2.30. The number of benzene rings is 1. The normalized spacial score (nSPS) is 12.1. The van der Waals surface area contributed by atoms with Crippen LogP contribution in [0.1, 0.15) is 41.8 Å². The highest BCUT2D eigenvalue weighted by Gasteiger charge is 2.29. The predicted molar refractivity (Wildman–Crippen MR) is 110 cm³/mol. The summed E-state index contributed by atoms with van der Waals surface area (Å²) in [7, 11) is 3.18. The Hall–Kier alpha value is -3.69. The summed E-state index contributed by atoms with van der Waals surface area (Å²) in [5.74, 6) is 0.952. The van der Waals surface area contributed by atoms with E-state index in [1.165, 1.54) is 11.0 Å². The van der Waals surface area contributed by atoms with E-state index in [9.17, 15) is 15.1 Å². The van der Waals surface area contributed by atoms with Gasteiger partial charge in [0.1, 0.15) is 17.6 Å². The topological polar surface area (TPSA) is 131 Å². The molecular formula is C20H25N5O5. The molecular weight excluding hydrogens is 390 g/mol. The largest absolute Gasteiger partial charge is 0.505 e. The lowest BCUT2D eigenvalue weighted by Gasteiger charge is -2.18. The Bertz CT molecular complexity index is 1040. The summed E-state index contributed by atoms with van der Waals surface area (Å²) in [6.45, 7) is 5.80. The Labute approximate surface area is 173 Å². The first-order valence-electron chi connectivity index (χ1n) is 9.42. The second kappa shape index (κ2) is 8.36. The molecule has 10 nitrogen and oxygen atoms in total. The minimum Gasteiger partial charge on any atom is -0.505 e. The molecule has 0 unspecified atom stereocenters. The maximum absolute atomic E-state index is 12.2. The molecule has 3 N–H and O–H groups in total. The Kier molecular flexibility index (Phi) is 5.86. The molecule has 3 rings (SSSR count). The minimum absolute atomic E-state index is 0.0199. The van der Waals surface area contributed by atoms with Gasteiger partial charge >= 0.3 is 11.6 Å². The summed E-state index contributed by atoms with van der Waals surface area (Å²) in [4.78, 5) is 13.8. The Morgan fingerprint density at radius 3 is 2.60 bits per heavy atom. The molecule has 0 fully saturated rings. The van der Waals surface area contributed by atoms with Gasteiger partial charge in [0.25, 0.3) is 5.91 Å². The van der Waals surface area contributed by atoms with E-state index in [1.807, 2.05) is 32.9 Å². The Balaban J connectivity index is 1.92. The van der Waals surface area contributed by atoms with Crippen molar-refractivity contribution in [3.8, 4) is 5.75 Å². The number of aromatic nitrogens is 2. The van der Waals surface area contributed by atoms with E-state index in [0.29, 0.717) is 5.76 Å². The number of rotatable bonds is 7. The van der Waals surface area contributed by atoms with E-state index < -0.39 is 0 Å². The van der Waals surface area contributed by atoms with Gasteiger partial charge in [-0.2, -0.15) is 0 Å². The van der Waals surface area contributed by atoms with E-state index in [2.05, 4.69) is 15.8 Å². The second-order valence-corrected chi connectivity index (χ2v) is 7.47. The van der Waals surface area contributed by atoms with Crippen molar-refractivity contribution in [1.82, 2.24) is 10.1 Å². The Morgan fingerprint density at radius 1 is 1.27 bits per heavy atom. The molecule has 0 aliphatic carbocycles. The summed E-state index contributed by atoms with van der Waals surface area (Å²) in [6.07, 6.45) is 0. The summed E-state index contributed by atoms with van der Waals surface area (Å²) in [5.41, 5.74) is 0.318. The number of furan rings is 1. The molecule has 0 radical (unpaired) electrons. The quantitative estimate of drug-likeness (QED) is 0.396. The van der Waals surface area contributed by atoms with Crippen LogP contribution in [0, 0.1) is 18.0 Å². The minimum atomic E-state index is -0.360. The first-order valence-corrected chi connectivity index (χ1v) is 9.42. The highest BCUT2D eigenvalue weighted by molar-refractivity contribution is 5.98. The standard InChI is InChI=1S/C20H25N5O5/c1-11(2)16(15-10-9-12(3)29-15)22-19-18(23-30-25(19)28)21-14-8-6-7-13(17(14)26)20(27)24(4)5/h6-11,16,22,26H,1-5H3,(H,21,23)/t16-/m1/s1.